The molecular weight excluding hydrogens is 166 g/mol. The Kier molecular flexibility index (Phi) is 4.18. The molecule has 0 aromatic heterocycles. The van der Waals surface area contributed by atoms with Crippen LogP contribution in [0.3, 0.4) is 0 Å². The summed E-state index contributed by atoms with van der Waals surface area (Å²) in [4.78, 5) is 4.39. The lowest BCUT2D eigenvalue weighted by atomic mass is 10.0. The zero-order valence-electron chi connectivity index (χ0n) is 8.42. The third-order valence-corrected chi connectivity index (χ3v) is 2.38. The minimum Gasteiger partial charge on any atom is -0.378 e. The van der Waals surface area contributed by atoms with Gasteiger partial charge in [-0.25, -0.2) is 5.84 Å². The van der Waals surface area contributed by atoms with Crippen molar-refractivity contribution in [1.82, 2.24) is 5.43 Å². The Labute approximate surface area is 79.5 Å². The van der Waals surface area contributed by atoms with E-state index in [1.165, 1.54) is 0 Å². The molecular formula is C9H19N3O. The molecule has 1 fully saturated rings. The van der Waals surface area contributed by atoms with Crippen molar-refractivity contribution in [2.45, 2.75) is 32.8 Å². The van der Waals surface area contributed by atoms with Gasteiger partial charge in [-0.2, -0.15) is 0 Å². The fraction of sp³-hybridized carbons (Fsp3) is 0.889. The quantitative estimate of drug-likeness (QED) is 0.294. The van der Waals surface area contributed by atoms with Gasteiger partial charge in [0.25, 0.3) is 0 Å². The van der Waals surface area contributed by atoms with E-state index in [4.69, 9.17) is 10.6 Å². The number of nitrogens with one attached hydrogen (secondary N) is 1. The van der Waals surface area contributed by atoms with Crippen LogP contribution in [0.4, 0.5) is 0 Å². The zero-order chi connectivity index (χ0) is 9.68. The van der Waals surface area contributed by atoms with Crippen LogP contribution in [-0.4, -0.2) is 25.1 Å². The summed E-state index contributed by atoms with van der Waals surface area (Å²) in [5.74, 6) is 6.67. The summed E-state index contributed by atoms with van der Waals surface area (Å²) in [6.45, 7) is 5.82. The molecule has 3 N–H and O–H groups in total. The number of hydrogen-bond donors (Lipinski definition) is 2. The SMILES string of the molecule is CCCN=C(NN)C1CCOC1C. The maximum absolute atomic E-state index is 5.45. The molecule has 0 aromatic rings. The first-order valence-electron chi connectivity index (χ1n) is 4.92. The van der Waals surface area contributed by atoms with Crippen molar-refractivity contribution in [2.75, 3.05) is 13.2 Å². The van der Waals surface area contributed by atoms with Crippen LogP contribution in [0.1, 0.15) is 26.7 Å². The summed E-state index contributed by atoms with van der Waals surface area (Å²) in [7, 11) is 0. The number of hydrogen-bond acceptors (Lipinski definition) is 3. The maximum Gasteiger partial charge on any atom is 0.116 e. The lowest BCUT2D eigenvalue weighted by Gasteiger charge is -2.16. The van der Waals surface area contributed by atoms with Crippen LogP contribution >= 0.6 is 0 Å². The maximum atomic E-state index is 5.45. The number of aliphatic imine (C=N–C) groups is 1. The average Bonchev–Trinajstić information content (AvgIpc) is 2.54. The molecule has 0 saturated carbocycles. The summed E-state index contributed by atoms with van der Waals surface area (Å²) < 4.78 is 5.45. The topological polar surface area (TPSA) is 59.6 Å². The van der Waals surface area contributed by atoms with E-state index in [1.807, 2.05) is 0 Å². The molecule has 1 aliphatic rings. The molecule has 0 bridgehead atoms. The molecule has 2 unspecified atom stereocenters. The first-order valence-corrected chi connectivity index (χ1v) is 4.92. The minimum absolute atomic E-state index is 0.242. The van der Waals surface area contributed by atoms with Crippen LogP contribution in [0.5, 0.6) is 0 Å². The van der Waals surface area contributed by atoms with Gasteiger partial charge in [0, 0.05) is 19.1 Å². The van der Waals surface area contributed by atoms with Crippen molar-refractivity contribution < 1.29 is 4.74 Å². The molecule has 0 aliphatic carbocycles. The molecule has 1 rings (SSSR count). The Hall–Kier alpha value is -0.610. The van der Waals surface area contributed by atoms with E-state index in [1.54, 1.807) is 0 Å². The average molecular weight is 185 g/mol. The van der Waals surface area contributed by atoms with Gasteiger partial charge in [0.1, 0.15) is 5.84 Å². The van der Waals surface area contributed by atoms with Crippen molar-refractivity contribution in [1.29, 1.82) is 0 Å². The van der Waals surface area contributed by atoms with Gasteiger partial charge >= 0.3 is 0 Å². The molecule has 76 valence electrons. The van der Waals surface area contributed by atoms with Gasteiger partial charge in [-0.1, -0.05) is 6.92 Å². The molecule has 0 spiro atoms. The highest BCUT2D eigenvalue weighted by atomic mass is 16.5. The van der Waals surface area contributed by atoms with Gasteiger partial charge in [0.05, 0.1) is 6.10 Å². The van der Waals surface area contributed by atoms with Gasteiger partial charge in [-0.3, -0.25) is 4.99 Å². The van der Waals surface area contributed by atoms with Crippen molar-refractivity contribution in [2.24, 2.45) is 16.8 Å². The highest BCUT2D eigenvalue weighted by Crippen LogP contribution is 2.20. The highest BCUT2D eigenvalue weighted by molar-refractivity contribution is 5.84. The van der Waals surface area contributed by atoms with E-state index in [2.05, 4.69) is 24.3 Å². The van der Waals surface area contributed by atoms with Crippen LogP contribution in [0, 0.1) is 5.92 Å². The van der Waals surface area contributed by atoms with E-state index >= 15 is 0 Å². The molecule has 4 heteroatoms. The minimum atomic E-state index is 0.242. The summed E-state index contributed by atoms with van der Waals surface area (Å²) in [5.41, 5.74) is 2.68. The lowest BCUT2D eigenvalue weighted by molar-refractivity contribution is 0.116. The molecule has 4 nitrogen and oxygen atoms in total. The van der Waals surface area contributed by atoms with E-state index in [0.29, 0.717) is 5.92 Å². The van der Waals surface area contributed by atoms with Gasteiger partial charge in [-0.05, 0) is 19.8 Å². The van der Waals surface area contributed by atoms with Crippen LogP contribution in [0.15, 0.2) is 4.99 Å². The summed E-state index contributed by atoms with van der Waals surface area (Å²) in [6.07, 6.45) is 2.31. The first-order chi connectivity index (χ1) is 6.29. The molecule has 0 amide bonds. The molecule has 1 saturated heterocycles. The van der Waals surface area contributed by atoms with E-state index < -0.39 is 0 Å². The molecule has 13 heavy (non-hydrogen) atoms. The molecule has 2 atom stereocenters. The zero-order valence-corrected chi connectivity index (χ0v) is 8.42. The largest absolute Gasteiger partial charge is 0.378 e. The van der Waals surface area contributed by atoms with Crippen LogP contribution < -0.4 is 11.3 Å². The second kappa shape index (κ2) is 5.19. The Morgan fingerprint density at radius 3 is 2.92 bits per heavy atom. The Balaban J connectivity index is 2.54. The van der Waals surface area contributed by atoms with Crippen molar-refractivity contribution in [3.63, 3.8) is 0 Å². The second-order valence-corrected chi connectivity index (χ2v) is 3.38. The van der Waals surface area contributed by atoms with E-state index in [0.717, 1.165) is 31.8 Å². The number of nitrogens with two attached hydrogens (primary N) is 1. The van der Waals surface area contributed by atoms with E-state index in [-0.39, 0.29) is 6.10 Å². The number of amidine groups is 1. The van der Waals surface area contributed by atoms with Crippen LogP contribution in [-0.2, 0) is 4.74 Å². The first kappa shape index (κ1) is 10.5. The smallest absolute Gasteiger partial charge is 0.116 e. The molecule has 1 aliphatic heterocycles. The second-order valence-electron chi connectivity index (χ2n) is 3.38. The molecule has 0 radical (unpaired) electrons. The number of ether oxygens (including phenoxy) is 1. The predicted molar refractivity (Wildman–Crippen MR) is 53.4 cm³/mol. The van der Waals surface area contributed by atoms with Crippen molar-refractivity contribution in [3.8, 4) is 0 Å². The van der Waals surface area contributed by atoms with Gasteiger partial charge in [0.15, 0.2) is 0 Å². The lowest BCUT2D eigenvalue weighted by Crippen LogP contribution is -2.39. The van der Waals surface area contributed by atoms with Crippen LogP contribution in [0.2, 0.25) is 0 Å². The normalized spacial score (nSPS) is 29.3. The van der Waals surface area contributed by atoms with Crippen molar-refractivity contribution >= 4 is 5.84 Å². The van der Waals surface area contributed by atoms with Gasteiger partial charge in [-0.15, -0.1) is 0 Å². The standard InChI is InChI=1S/C9H19N3O/c1-3-5-11-9(12-10)8-4-6-13-7(8)2/h7-8H,3-6,10H2,1-2H3,(H,11,12). The molecule has 0 aromatic carbocycles. The van der Waals surface area contributed by atoms with Gasteiger partial charge < -0.3 is 10.2 Å². The summed E-state index contributed by atoms with van der Waals surface area (Å²) in [5, 5.41) is 0. The van der Waals surface area contributed by atoms with Crippen LogP contribution in [0.25, 0.3) is 0 Å². The Morgan fingerprint density at radius 1 is 1.69 bits per heavy atom. The monoisotopic (exact) mass is 185 g/mol. The summed E-state index contributed by atoms with van der Waals surface area (Å²) >= 11 is 0. The number of hydrazine groups is 1. The Bertz CT molecular complexity index is 182. The fourth-order valence-electron chi connectivity index (χ4n) is 1.59. The number of rotatable bonds is 3. The molecule has 1 heterocycles. The highest BCUT2D eigenvalue weighted by Gasteiger charge is 2.28. The summed E-state index contributed by atoms with van der Waals surface area (Å²) in [6, 6.07) is 0. The third-order valence-electron chi connectivity index (χ3n) is 2.38. The number of nitrogens with zero attached hydrogens (tertiary/aromatic N) is 1. The Morgan fingerprint density at radius 2 is 2.46 bits per heavy atom. The van der Waals surface area contributed by atoms with Crippen molar-refractivity contribution in [3.05, 3.63) is 0 Å². The third kappa shape index (κ3) is 2.67. The fourth-order valence-corrected chi connectivity index (χ4v) is 1.59. The predicted octanol–water partition coefficient (Wildman–Crippen LogP) is 0.683. The van der Waals surface area contributed by atoms with Gasteiger partial charge in [0.2, 0.25) is 0 Å². The van der Waals surface area contributed by atoms with E-state index in [9.17, 15) is 0 Å².